The van der Waals surface area contributed by atoms with Crippen LogP contribution in [0, 0.1) is 6.92 Å². The maximum Gasteiger partial charge on any atom is 0.303 e. The van der Waals surface area contributed by atoms with Crippen molar-refractivity contribution in [2.45, 2.75) is 46.0 Å². The fourth-order valence-corrected chi connectivity index (χ4v) is 3.22. The average molecular weight is 357 g/mol. The molecule has 0 bridgehead atoms. The lowest BCUT2D eigenvalue weighted by Crippen LogP contribution is -2.06. The highest BCUT2D eigenvalue weighted by Gasteiger charge is 2.20. The van der Waals surface area contributed by atoms with Gasteiger partial charge in [0.1, 0.15) is 0 Å². The number of aliphatic carboxylic acids is 1. The van der Waals surface area contributed by atoms with Crippen LogP contribution in [-0.4, -0.2) is 33.0 Å². The van der Waals surface area contributed by atoms with Gasteiger partial charge in [-0.15, -0.1) is 0 Å². The Morgan fingerprint density at radius 1 is 1.35 bits per heavy atom. The maximum atomic E-state index is 10.8. The molecule has 1 N–H and O–H groups in total. The Morgan fingerprint density at radius 2 is 2.15 bits per heavy atom. The minimum atomic E-state index is -0.769. The number of carbonyl (C=O) groups is 1. The molecule has 0 radical (unpaired) electrons. The molecule has 7 nitrogen and oxygen atoms in total. The topological polar surface area (TPSA) is 89.9 Å². The zero-order valence-electron chi connectivity index (χ0n) is 15.3. The van der Waals surface area contributed by atoms with Gasteiger partial charge in [0.2, 0.25) is 0 Å². The van der Waals surface area contributed by atoms with Crippen molar-refractivity contribution >= 4 is 11.5 Å². The minimum Gasteiger partial charge on any atom is -0.481 e. The lowest BCUT2D eigenvalue weighted by Gasteiger charge is -2.13. The quantitative estimate of drug-likeness (QED) is 0.619. The van der Waals surface area contributed by atoms with Crippen molar-refractivity contribution < 1.29 is 19.2 Å². The van der Waals surface area contributed by atoms with Crippen molar-refractivity contribution in [3.63, 3.8) is 0 Å². The minimum absolute atomic E-state index is 0.172. The molecule has 0 aliphatic carbocycles. The number of fused-ring (bicyclic) bond motifs is 1. The number of hydrogen-bond acceptors (Lipinski definition) is 5. The van der Waals surface area contributed by atoms with E-state index in [1.807, 2.05) is 17.5 Å². The molecule has 0 aliphatic heterocycles. The Balaban J connectivity index is 2.07. The summed E-state index contributed by atoms with van der Waals surface area (Å²) in [5, 5.41) is 17.5. The van der Waals surface area contributed by atoms with E-state index in [9.17, 15) is 4.79 Å². The van der Waals surface area contributed by atoms with Gasteiger partial charge < -0.3 is 14.4 Å². The molecule has 0 atom stereocenters. The summed E-state index contributed by atoms with van der Waals surface area (Å²) in [5.41, 5.74) is 4.99. The van der Waals surface area contributed by atoms with Gasteiger partial charge >= 0.3 is 5.97 Å². The van der Waals surface area contributed by atoms with Gasteiger partial charge in [-0.25, -0.2) is 4.52 Å². The van der Waals surface area contributed by atoms with Gasteiger partial charge in [0.05, 0.1) is 23.9 Å². The predicted molar refractivity (Wildman–Crippen MR) is 96.5 cm³/mol. The van der Waals surface area contributed by atoms with Gasteiger partial charge in [0.25, 0.3) is 5.88 Å². The molecule has 3 aromatic rings. The van der Waals surface area contributed by atoms with Crippen LogP contribution in [0.3, 0.4) is 0 Å². The summed E-state index contributed by atoms with van der Waals surface area (Å²) in [5.74, 6) is 0.285. The van der Waals surface area contributed by atoms with Crippen molar-refractivity contribution in [3.05, 3.63) is 35.2 Å². The lowest BCUT2D eigenvalue weighted by molar-refractivity contribution is -0.137. The molecule has 0 saturated carbocycles. The molecule has 0 spiro atoms. The number of methoxy groups -OCH3 is 1. The number of carboxylic acid groups (broad SMARTS) is 1. The fraction of sp³-hybridized carbons (Fsp3) is 0.421. The number of aryl methyl sites for hydroxylation is 2. The molecule has 0 saturated heterocycles. The van der Waals surface area contributed by atoms with Gasteiger partial charge in [-0.1, -0.05) is 6.92 Å². The Kier molecular flexibility index (Phi) is 5.25. The molecule has 7 heteroatoms. The summed E-state index contributed by atoms with van der Waals surface area (Å²) >= 11 is 0. The normalized spacial score (nSPS) is 11.2. The van der Waals surface area contributed by atoms with Crippen LogP contribution in [0.25, 0.3) is 16.8 Å². The van der Waals surface area contributed by atoms with Crippen molar-refractivity contribution in [2.75, 3.05) is 7.11 Å². The average Bonchev–Trinajstić information content (AvgIpc) is 3.24. The second-order valence-corrected chi connectivity index (χ2v) is 6.25. The van der Waals surface area contributed by atoms with E-state index < -0.39 is 5.97 Å². The molecular formula is C19H23N3O4. The van der Waals surface area contributed by atoms with E-state index in [1.165, 1.54) is 0 Å². The zero-order valence-corrected chi connectivity index (χ0v) is 15.3. The number of rotatable bonds is 8. The number of unbranched alkanes of at least 4 members (excludes halogenated alkanes) is 1. The van der Waals surface area contributed by atoms with E-state index in [1.54, 1.807) is 13.2 Å². The SMILES string of the molecule is CCc1ccc2c(-c3cc(OC)no3)c(CCCCC(=O)O)c(C)nn12. The Bertz CT molecular complexity index is 926. The molecule has 0 aliphatic rings. The third kappa shape index (κ3) is 3.42. The monoisotopic (exact) mass is 357 g/mol. The molecule has 0 unspecified atom stereocenters. The van der Waals surface area contributed by atoms with Crippen LogP contribution in [0.1, 0.15) is 43.1 Å². The first-order chi connectivity index (χ1) is 12.5. The summed E-state index contributed by atoms with van der Waals surface area (Å²) in [6.07, 6.45) is 3.17. The van der Waals surface area contributed by atoms with E-state index in [4.69, 9.17) is 19.5 Å². The highest BCUT2D eigenvalue weighted by atomic mass is 16.5. The van der Waals surface area contributed by atoms with Crippen LogP contribution in [0.4, 0.5) is 0 Å². The van der Waals surface area contributed by atoms with Crippen molar-refractivity contribution in [1.82, 2.24) is 14.8 Å². The largest absolute Gasteiger partial charge is 0.481 e. The number of carboxylic acids is 1. The third-order valence-electron chi connectivity index (χ3n) is 4.55. The highest BCUT2D eigenvalue weighted by Crippen LogP contribution is 2.34. The molecule has 3 heterocycles. The highest BCUT2D eigenvalue weighted by molar-refractivity contribution is 5.81. The van der Waals surface area contributed by atoms with E-state index in [-0.39, 0.29) is 6.42 Å². The van der Waals surface area contributed by atoms with E-state index >= 15 is 0 Å². The third-order valence-corrected chi connectivity index (χ3v) is 4.55. The van der Waals surface area contributed by atoms with Gasteiger partial charge in [0.15, 0.2) is 5.76 Å². The molecule has 0 aromatic carbocycles. The van der Waals surface area contributed by atoms with Gasteiger partial charge in [-0.05, 0) is 55.5 Å². The Labute approximate surface area is 151 Å². The summed E-state index contributed by atoms with van der Waals surface area (Å²) < 4.78 is 12.6. The second-order valence-electron chi connectivity index (χ2n) is 6.25. The van der Waals surface area contributed by atoms with E-state index in [2.05, 4.69) is 18.1 Å². The van der Waals surface area contributed by atoms with Crippen LogP contribution in [0.2, 0.25) is 0 Å². The summed E-state index contributed by atoms with van der Waals surface area (Å²) in [6, 6.07) is 5.87. The van der Waals surface area contributed by atoms with Crippen molar-refractivity contribution in [1.29, 1.82) is 0 Å². The van der Waals surface area contributed by atoms with Crippen LogP contribution in [0.5, 0.6) is 5.88 Å². The number of aromatic nitrogens is 3. The first-order valence-electron chi connectivity index (χ1n) is 8.78. The smallest absolute Gasteiger partial charge is 0.303 e. The maximum absolute atomic E-state index is 10.8. The first kappa shape index (κ1) is 18.0. The van der Waals surface area contributed by atoms with Crippen LogP contribution >= 0.6 is 0 Å². The molecule has 0 fully saturated rings. The molecular weight excluding hydrogens is 334 g/mol. The van der Waals surface area contributed by atoms with Gasteiger partial charge in [0, 0.05) is 18.2 Å². The van der Waals surface area contributed by atoms with Crippen LogP contribution in [-0.2, 0) is 17.6 Å². The van der Waals surface area contributed by atoms with Crippen molar-refractivity contribution in [2.24, 2.45) is 0 Å². The number of hydrogen-bond donors (Lipinski definition) is 1. The number of ether oxygens (including phenoxy) is 1. The molecule has 0 amide bonds. The fourth-order valence-electron chi connectivity index (χ4n) is 3.22. The number of nitrogens with zero attached hydrogens (tertiary/aromatic N) is 3. The van der Waals surface area contributed by atoms with Crippen LogP contribution < -0.4 is 4.74 Å². The van der Waals surface area contributed by atoms with E-state index in [0.29, 0.717) is 18.1 Å². The molecule has 3 aromatic heterocycles. The van der Waals surface area contributed by atoms with Crippen LogP contribution in [0.15, 0.2) is 22.7 Å². The lowest BCUT2D eigenvalue weighted by atomic mass is 9.98. The Morgan fingerprint density at radius 3 is 2.81 bits per heavy atom. The Hall–Kier alpha value is -2.83. The second kappa shape index (κ2) is 7.59. The van der Waals surface area contributed by atoms with E-state index in [0.717, 1.165) is 47.3 Å². The van der Waals surface area contributed by atoms with Gasteiger partial charge in [-0.2, -0.15) is 5.10 Å². The molecule has 138 valence electrons. The molecule has 3 rings (SSSR count). The summed E-state index contributed by atoms with van der Waals surface area (Å²) in [7, 11) is 1.55. The standard InChI is InChI=1S/C19H23N3O4/c1-4-13-9-10-15-19(16-11-17(25-3)21-26-16)14(12(2)20-22(13)15)7-5-6-8-18(23)24/h9-11H,4-8H2,1-3H3,(H,23,24). The van der Waals surface area contributed by atoms with Crippen molar-refractivity contribution in [3.8, 4) is 17.2 Å². The zero-order chi connectivity index (χ0) is 18.7. The first-order valence-corrected chi connectivity index (χ1v) is 8.78. The van der Waals surface area contributed by atoms with Gasteiger partial charge in [-0.3, -0.25) is 4.79 Å². The molecule has 26 heavy (non-hydrogen) atoms. The summed E-state index contributed by atoms with van der Waals surface area (Å²) in [6.45, 7) is 4.07. The summed E-state index contributed by atoms with van der Waals surface area (Å²) in [4.78, 5) is 10.8. The predicted octanol–water partition coefficient (Wildman–Crippen LogP) is 3.67.